The molecule has 0 aliphatic heterocycles. The molecular weight excluding hydrogens is 298 g/mol. The number of carbonyl (C=O) groups excluding carboxylic acids is 1. The van der Waals surface area contributed by atoms with Crippen LogP contribution in [0.2, 0.25) is 0 Å². The zero-order valence-electron chi connectivity index (χ0n) is 12.2. The minimum absolute atomic E-state index is 0.0682. The van der Waals surface area contributed by atoms with Crippen LogP contribution < -0.4 is 4.84 Å². The Morgan fingerprint density at radius 2 is 1.91 bits per heavy atom. The molecule has 114 valence electrons. The molecule has 0 radical (unpaired) electrons. The van der Waals surface area contributed by atoms with Gasteiger partial charge in [0, 0.05) is 25.1 Å². The van der Waals surface area contributed by atoms with Gasteiger partial charge < -0.3 is 9.57 Å². The van der Waals surface area contributed by atoms with Crippen LogP contribution in [0.15, 0.2) is 54.7 Å². The van der Waals surface area contributed by atoms with Gasteiger partial charge in [-0.25, -0.2) is 4.79 Å². The summed E-state index contributed by atoms with van der Waals surface area (Å²) in [5.74, 6) is 0.105. The maximum atomic E-state index is 12.1. The van der Waals surface area contributed by atoms with E-state index in [-0.39, 0.29) is 23.9 Å². The Hall–Kier alpha value is -1.98. The number of pyridine rings is 1. The average Bonchev–Trinajstić information content (AvgIpc) is 3.23. The van der Waals surface area contributed by atoms with Crippen molar-refractivity contribution >= 4 is 18.2 Å². The summed E-state index contributed by atoms with van der Waals surface area (Å²) in [4.78, 5) is 17.4. The van der Waals surface area contributed by atoms with E-state index in [0.29, 0.717) is 11.1 Å². The maximum Gasteiger partial charge on any atom is 0.333 e. The third-order valence-corrected chi connectivity index (χ3v) is 4.26. The zero-order chi connectivity index (χ0) is 15.5. The Morgan fingerprint density at radius 3 is 2.59 bits per heavy atom. The highest BCUT2D eigenvalue weighted by Gasteiger charge is 2.52. The van der Waals surface area contributed by atoms with E-state index in [1.165, 1.54) is 10.3 Å². The monoisotopic (exact) mass is 315 g/mol. The van der Waals surface area contributed by atoms with E-state index < -0.39 is 0 Å². The molecule has 0 spiro atoms. The Bertz CT molecular complexity index is 713. The van der Waals surface area contributed by atoms with Crippen molar-refractivity contribution in [2.45, 2.75) is 18.4 Å². The van der Waals surface area contributed by atoms with E-state index in [0.717, 1.165) is 0 Å². The molecule has 4 nitrogen and oxygen atoms in total. The van der Waals surface area contributed by atoms with E-state index in [1.807, 2.05) is 18.2 Å². The van der Waals surface area contributed by atoms with Gasteiger partial charge in [0.1, 0.15) is 4.64 Å². The Morgan fingerprint density at radius 1 is 1.18 bits per heavy atom. The third kappa shape index (κ3) is 3.10. The number of methoxy groups -OCH3 is 1. The van der Waals surface area contributed by atoms with E-state index in [1.54, 1.807) is 31.5 Å². The summed E-state index contributed by atoms with van der Waals surface area (Å²) in [6, 6.07) is 15.4. The number of ether oxygens (including phenoxy) is 1. The summed E-state index contributed by atoms with van der Waals surface area (Å²) in [6.45, 7) is 0. The fourth-order valence-electron chi connectivity index (χ4n) is 2.85. The Kier molecular flexibility index (Phi) is 4.36. The van der Waals surface area contributed by atoms with E-state index in [4.69, 9.17) is 21.8 Å². The molecule has 1 saturated carbocycles. The van der Waals surface area contributed by atoms with Gasteiger partial charge in [-0.05, 0) is 17.7 Å². The number of aromatic nitrogens is 1. The second-order valence-electron chi connectivity index (χ2n) is 5.33. The molecule has 3 atom stereocenters. The number of benzene rings is 1. The molecule has 1 aromatic carbocycles. The highest BCUT2D eigenvalue weighted by molar-refractivity contribution is 7.71. The second kappa shape index (κ2) is 6.42. The lowest BCUT2D eigenvalue weighted by molar-refractivity contribution is -0.145. The summed E-state index contributed by atoms with van der Waals surface area (Å²) < 4.78 is 7.27. The van der Waals surface area contributed by atoms with Gasteiger partial charge in [0.25, 0.3) is 0 Å². The van der Waals surface area contributed by atoms with Gasteiger partial charge in [0.15, 0.2) is 0 Å². The van der Waals surface area contributed by atoms with Crippen molar-refractivity contribution in [3.63, 3.8) is 0 Å². The predicted molar refractivity (Wildman–Crippen MR) is 84.9 cm³/mol. The number of hydrogen-bond donors (Lipinski definition) is 0. The van der Waals surface area contributed by atoms with E-state index in [9.17, 15) is 4.79 Å². The predicted octanol–water partition coefficient (Wildman–Crippen LogP) is 2.99. The summed E-state index contributed by atoms with van der Waals surface area (Å²) >= 11 is 5.11. The fourth-order valence-corrected chi connectivity index (χ4v) is 3.02. The number of carbonyl (C=O) groups is 1. The Balaban J connectivity index is 1.65. The normalized spacial score (nSPS) is 23.0. The molecule has 0 amide bonds. The van der Waals surface area contributed by atoms with Crippen LogP contribution in [0, 0.1) is 10.6 Å². The van der Waals surface area contributed by atoms with Gasteiger partial charge in [-0.1, -0.05) is 48.6 Å². The molecule has 2 aromatic rings. The SMILES string of the molecule is CO[C@H]1[C@H](CC(=O)On2ccccc2=S)[C@H]1c1ccccc1. The standard InChI is InChI=1S/C17H17NO3S/c1-20-17-13(16(17)12-7-3-2-4-8-12)11-15(19)21-18-10-6-5-9-14(18)22/h2-10,13,16-17H,11H2,1H3/t13-,16-,17+/m1/s1. The summed E-state index contributed by atoms with van der Waals surface area (Å²) in [5, 5.41) is 0. The van der Waals surface area contributed by atoms with Crippen LogP contribution in [0.1, 0.15) is 17.9 Å². The lowest BCUT2D eigenvalue weighted by atomic mass is 10.1. The largest absolute Gasteiger partial charge is 0.380 e. The van der Waals surface area contributed by atoms with Crippen molar-refractivity contribution < 1.29 is 14.4 Å². The van der Waals surface area contributed by atoms with Crippen molar-refractivity contribution in [2.75, 3.05) is 7.11 Å². The van der Waals surface area contributed by atoms with Crippen LogP contribution in [0.3, 0.4) is 0 Å². The molecule has 1 fully saturated rings. The van der Waals surface area contributed by atoms with Crippen molar-refractivity contribution in [2.24, 2.45) is 5.92 Å². The first kappa shape index (κ1) is 14.9. The number of rotatable bonds is 5. The first-order chi connectivity index (χ1) is 10.7. The second-order valence-corrected chi connectivity index (χ2v) is 5.75. The highest BCUT2D eigenvalue weighted by atomic mass is 32.1. The van der Waals surface area contributed by atoms with Crippen LogP contribution in [0.25, 0.3) is 0 Å². The summed E-state index contributed by atoms with van der Waals surface area (Å²) in [7, 11) is 1.68. The molecule has 1 heterocycles. The summed E-state index contributed by atoms with van der Waals surface area (Å²) in [5.41, 5.74) is 1.20. The molecule has 22 heavy (non-hydrogen) atoms. The van der Waals surface area contributed by atoms with Crippen LogP contribution >= 0.6 is 12.2 Å². The van der Waals surface area contributed by atoms with Crippen molar-refractivity contribution in [3.8, 4) is 0 Å². The first-order valence-corrected chi connectivity index (χ1v) is 7.58. The van der Waals surface area contributed by atoms with Crippen LogP contribution in [0.4, 0.5) is 0 Å². The third-order valence-electron chi connectivity index (χ3n) is 3.94. The first-order valence-electron chi connectivity index (χ1n) is 7.17. The van der Waals surface area contributed by atoms with Crippen molar-refractivity contribution in [3.05, 3.63) is 64.9 Å². The minimum atomic E-state index is -0.298. The molecule has 0 bridgehead atoms. The lowest BCUT2D eigenvalue weighted by Gasteiger charge is -2.06. The molecule has 0 N–H and O–H groups in total. The summed E-state index contributed by atoms with van der Waals surface area (Å²) in [6.07, 6.45) is 2.02. The zero-order valence-corrected chi connectivity index (χ0v) is 13.0. The fraction of sp³-hybridized carbons (Fsp3) is 0.294. The molecule has 0 unspecified atom stereocenters. The van der Waals surface area contributed by atoms with Gasteiger partial charge in [-0.3, -0.25) is 0 Å². The molecule has 1 aliphatic carbocycles. The van der Waals surface area contributed by atoms with Crippen LogP contribution in [0.5, 0.6) is 0 Å². The molecule has 1 aromatic heterocycles. The van der Waals surface area contributed by atoms with Gasteiger partial charge in [-0.15, -0.1) is 0 Å². The molecule has 1 aliphatic rings. The Labute approximate surface area is 134 Å². The molecule has 0 saturated heterocycles. The van der Waals surface area contributed by atoms with E-state index in [2.05, 4.69) is 12.1 Å². The molecule has 3 rings (SSSR count). The average molecular weight is 315 g/mol. The number of nitrogens with zero attached hydrogens (tertiary/aromatic N) is 1. The van der Waals surface area contributed by atoms with Gasteiger partial charge in [-0.2, -0.15) is 4.73 Å². The molecule has 5 heteroatoms. The van der Waals surface area contributed by atoms with Crippen molar-refractivity contribution in [1.82, 2.24) is 4.73 Å². The highest BCUT2D eigenvalue weighted by Crippen LogP contribution is 2.51. The quantitative estimate of drug-likeness (QED) is 0.795. The topological polar surface area (TPSA) is 40.5 Å². The number of hydrogen-bond acceptors (Lipinski definition) is 4. The molecular formula is C17H17NO3S. The van der Waals surface area contributed by atoms with Gasteiger partial charge >= 0.3 is 5.97 Å². The van der Waals surface area contributed by atoms with Gasteiger partial charge in [0.2, 0.25) is 0 Å². The van der Waals surface area contributed by atoms with E-state index >= 15 is 0 Å². The van der Waals surface area contributed by atoms with Crippen molar-refractivity contribution in [1.29, 1.82) is 0 Å². The minimum Gasteiger partial charge on any atom is -0.380 e. The van der Waals surface area contributed by atoms with Gasteiger partial charge in [0.05, 0.1) is 12.5 Å². The smallest absolute Gasteiger partial charge is 0.333 e. The lowest BCUT2D eigenvalue weighted by Crippen LogP contribution is -2.21. The van der Waals surface area contributed by atoms with Crippen LogP contribution in [-0.4, -0.2) is 23.9 Å². The van der Waals surface area contributed by atoms with Crippen LogP contribution in [-0.2, 0) is 9.53 Å². The maximum absolute atomic E-state index is 12.1.